The number of piperidine rings is 1. The summed E-state index contributed by atoms with van der Waals surface area (Å²) in [5, 5.41) is 9.98. The molecule has 3 heterocycles. The monoisotopic (exact) mass is 398 g/mol. The molecule has 30 heavy (non-hydrogen) atoms. The summed E-state index contributed by atoms with van der Waals surface area (Å²) in [7, 11) is 1.70. The van der Waals surface area contributed by atoms with Gasteiger partial charge in [0.2, 0.25) is 0 Å². The first kappa shape index (κ1) is 18.8. The van der Waals surface area contributed by atoms with Gasteiger partial charge in [-0.15, -0.1) is 0 Å². The molecule has 1 aliphatic heterocycles. The van der Waals surface area contributed by atoms with Crippen LogP contribution in [-0.4, -0.2) is 33.7 Å². The Kier molecular flexibility index (Phi) is 5.20. The van der Waals surface area contributed by atoms with E-state index in [0.29, 0.717) is 6.04 Å². The quantitative estimate of drug-likeness (QED) is 0.492. The normalized spacial score (nSPS) is 17.3. The number of hydrogen-bond acceptors (Lipinski definition) is 4. The number of aromatic amines is 1. The number of nitrogens with zero attached hydrogens (tertiary/aromatic N) is 3. The Labute approximate surface area is 176 Å². The second-order valence-corrected chi connectivity index (χ2v) is 7.93. The van der Waals surface area contributed by atoms with Gasteiger partial charge in [-0.05, 0) is 60.5 Å². The molecule has 1 atom stereocenters. The van der Waals surface area contributed by atoms with Crippen molar-refractivity contribution < 1.29 is 4.74 Å². The van der Waals surface area contributed by atoms with Crippen LogP contribution in [0.2, 0.25) is 0 Å². The lowest BCUT2D eigenvalue weighted by Crippen LogP contribution is -2.33. The lowest BCUT2D eigenvalue weighted by atomic mass is 9.97. The molecule has 1 unspecified atom stereocenters. The van der Waals surface area contributed by atoms with Crippen LogP contribution in [0.15, 0.2) is 67.0 Å². The Morgan fingerprint density at radius 3 is 2.83 bits per heavy atom. The van der Waals surface area contributed by atoms with Gasteiger partial charge in [-0.1, -0.05) is 30.7 Å². The molecule has 1 fully saturated rings. The molecule has 5 heteroatoms. The summed E-state index contributed by atoms with van der Waals surface area (Å²) >= 11 is 0. The van der Waals surface area contributed by atoms with Crippen molar-refractivity contribution in [1.29, 1.82) is 0 Å². The maximum atomic E-state index is 5.35. The Morgan fingerprint density at radius 2 is 1.97 bits per heavy atom. The van der Waals surface area contributed by atoms with Crippen molar-refractivity contribution in [2.75, 3.05) is 13.7 Å². The maximum absolute atomic E-state index is 5.35. The van der Waals surface area contributed by atoms with Crippen LogP contribution in [0, 0.1) is 0 Å². The third-order valence-electron chi connectivity index (χ3n) is 6.07. The van der Waals surface area contributed by atoms with Crippen molar-refractivity contribution in [2.24, 2.45) is 0 Å². The van der Waals surface area contributed by atoms with Gasteiger partial charge in [0.25, 0.3) is 0 Å². The van der Waals surface area contributed by atoms with E-state index in [9.17, 15) is 0 Å². The van der Waals surface area contributed by atoms with Crippen LogP contribution in [-0.2, 0) is 6.54 Å². The van der Waals surface area contributed by atoms with E-state index in [1.807, 2.05) is 24.5 Å². The molecule has 0 saturated carbocycles. The van der Waals surface area contributed by atoms with E-state index in [1.54, 1.807) is 7.11 Å². The predicted octanol–water partition coefficient (Wildman–Crippen LogP) is 5.36. The molecule has 5 rings (SSSR count). The molecule has 1 saturated heterocycles. The summed E-state index contributed by atoms with van der Waals surface area (Å²) < 4.78 is 5.35. The highest BCUT2D eigenvalue weighted by Crippen LogP contribution is 2.33. The average Bonchev–Trinajstić information content (AvgIpc) is 3.27. The number of H-pyrrole nitrogens is 1. The van der Waals surface area contributed by atoms with Gasteiger partial charge >= 0.3 is 0 Å². The molecule has 0 aliphatic carbocycles. The van der Waals surface area contributed by atoms with E-state index in [4.69, 9.17) is 4.74 Å². The van der Waals surface area contributed by atoms with Gasteiger partial charge in [-0.25, -0.2) is 0 Å². The van der Waals surface area contributed by atoms with Crippen molar-refractivity contribution in [1.82, 2.24) is 20.1 Å². The smallest absolute Gasteiger partial charge is 0.119 e. The zero-order chi connectivity index (χ0) is 20.3. The summed E-state index contributed by atoms with van der Waals surface area (Å²) in [6.45, 7) is 1.96. The van der Waals surface area contributed by atoms with Crippen molar-refractivity contribution in [3.8, 4) is 17.0 Å². The van der Waals surface area contributed by atoms with Gasteiger partial charge in [0.05, 0.1) is 30.7 Å². The summed E-state index contributed by atoms with van der Waals surface area (Å²) in [4.78, 5) is 7.18. The van der Waals surface area contributed by atoms with E-state index in [1.165, 1.54) is 34.9 Å². The first-order chi connectivity index (χ1) is 14.8. The van der Waals surface area contributed by atoms with Crippen LogP contribution in [0.4, 0.5) is 0 Å². The summed E-state index contributed by atoms with van der Waals surface area (Å²) in [6.07, 6.45) is 7.51. The second-order valence-electron chi connectivity index (χ2n) is 7.93. The molecule has 0 amide bonds. The Balaban J connectivity index is 1.44. The number of nitrogens with one attached hydrogen (secondary N) is 1. The molecule has 0 bridgehead atoms. The zero-order valence-corrected chi connectivity index (χ0v) is 17.2. The Morgan fingerprint density at radius 1 is 1.07 bits per heavy atom. The largest absolute Gasteiger partial charge is 0.497 e. The highest BCUT2D eigenvalue weighted by Gasteiger charge is 2.26. The lowest BCUT2D eigenvalue weighted by molar-refractivity contribution is 0.137. The Bertz CT molecular complexity index is 1140. The van der Waals surface area contributed by atoms with Crippen molar-refractivity contribution in [3.05, 3.63) is 78.2 Å². The Hall–Kier alpha value is -3.18. The molecule has 152 valence electrons. The van der Waals surface area contributed by atoms with Gasteiger partial charge in [0.15, 0.2) is 0 Å². The molecular formula is C25H26N4O. The minimum Gasteiger partial charge on any atom is -0.497 e. The zero-order valence-electron chi connectivity index (χ0n) is 17.2. The fourth-order valence-electron chi connectivity index (χ4n) is 4.49. The molecule has 2 aromatic carbocycles. The van der Waals surface area contributed by atoms with Crippen LogP contribution in [0.3, 0.4) is 0 Å². The van der Waals surface area contributed by atoms with E-state index in [0.717, 1.165) is 36.5 Å². The van der Waals surface area contributed by atoms with Crippen LogP contribution in [0.5, 0.6) is 5.75 Å². The van der Waals surface area contributed by atoms with Crippen molar-refractivity contribution in [3.63, 3.8) is 0 Å². The van der Waals surface area contributed by atoms with Crippen molar-refractivity contribution >= 4 is 10.8 Å². The molecule has 4 aromatic rings. The minimum absolute atomic E-state index is 0.367. The molecule has 2 aromatic heterocycles. The van der Waals surface area contributed by atoms with E-state index >= 15 is 0 Å². The minimum atomic E-state index is 0.367. The molecular weight excluding hydrogens is 372 g/mol. The van der Waals surface area contributed by atoms with Crippen molar-refractivity contribution in [2.45, 2.75) is 31.8 Å². The number of hydrogen-bond donors (Lipinski definition) is 1. The molecule has 0 spiro atoms. The van der Waals surface area contributed by atoms with Gasteiger partial charge in [0, 0.05) is 23.9 Å². The first-order valence-electron chi connectivity index (χ1n) is 10.6. The molecule has 5 nitrogen and oxygen atoms in total. The topological polar surface area (TPSA) is 54.0 Å². The van der Waals surface area contributed by atoms with Crippen LogP contribution in [0.25, 0.3) is 22.0 Å². The highest BCUT2D eigenvalue weighted by molar-refractivity contribution is 5.88. The second kappa shape index (κ2) is 8.28. The first-order valence-corrected chi connectivity index (χ1v) is 10.6. The number of benzene rings is 2. The third kappa shape index (κ3) is 3.68. The summed E-state index contributed by atoms with van der Waals surface area (Å²) in [6, 6.07) is 19.3. The van der Waals surface area contributed by atoms with Gasteiger partial charge in [-0.2, -0.15) is 5.10 Å². The standard InChI is InChI=1S/C25H26N4O/c1-30-22-11-10-18-14-20(9-8-19(18)15-22)25-21(16-27-28-25)17-29-13-5-3-7-24(29)23-6-2-4-12-26-23/h2,4,6,8-12,14-16,24H,3,5,7,13,17H2,1H3,(H,27,28). The van der Waals surface area contributed by atoms with E-state index in [-0.39, 0.29) is 0 Å². The van der Waals surface area contributed by atoms with E-state index in [2.05, 4.69) is 62.5 Å². The SMILES string of the molecule is COc1ccc2cc(-c3[nH]ncc3CN3CCCCC3c3ccccn3)ccc2c1. The number of methoxy groups -OCH3 is 1. The van der Waals surface area contributed by atoms with Crippen LogP contribution < -0.4 is 4.74 Å². The number of aromatic nitrogens is 3. The summed E-state index contributed by atoms with van der Waals surface area (Å²) in [5.74, 6) is 0.878. The van der Waals surface area contributed by atoms with E-state index < -0.39 is 0 Å². The van der Waals surface area contributed by atoms with Gasteiger partial charge < -0.3 is 4.74 Å². The number of rotatable bonds is 5. The van der Waals surface area contributed by atoms with Gasteiger partial charge in [0.1, 0.15) is 5.75 Å². The van der Waals surface area contributed by atoms with Crippen LogP contribution >= 0.6 is 0 Å². The number of fused-ring (bicyclic) bond motifs is 1. The molecule has 1 N–H and O–H groups in total. The summed E-state index contributed by atoms with van der Waals surface area (Å²) in [5.41, 5.74) is 4.65. The average molecular weight is 399 g/mol. The van der Waals surface area contributed by atoms with Gasteiger partial charge in [-0.3, -0.25) is 15.0 Å². The number of likely N-dealkylation sites (tertiary alicyclic amines) is 1. The highest BCUT2D eigenvalue weighted by atomic mass is 16.5. The number of pyridine rings is 1. The fraction of sp³-hybridized carbons (Fsp3) is 0.280. The predicted molar refractivity (Wildman–Crippen MR) is 119 cm³/mol. The van der Waals surface area contributed by atoms with Crippen LogP contribution in [0.1, 0.15) is 36.6 Å². The lowest BCUT2D eigenvalue weighted by Gasteiger charge is -2.35. The number of ether oxygens (including phenoxy) is 1. The molecule has 1 aliphatic rings. The molecule has 0 radical (unpaired) electrons. The third-order valence-corrected chi connectivity index (χ3v) is 6.07. The maximum Gasteiger partial charge on any atom is 0.119 e. The fourth-order valence-corrected chi connectivity index (χ4v) is 4.49.